The number of rotatable bonds is 7. The van der Waals surface area contributed by atoms with Crippen molar-refractivity contribution in [3.05, 3.63) is 35.6 Å². The number of carbonyl (C=O) groups is 2. The highest BCUT2D eigenvalue weighted by molar-refractivity contribution is 5.79. The summed E-state index contributed by atoms with van der Waals surface area (Å²) in [6, 6.07) is 6.31. The minimum Gasteiger partial charge on any atom is -0.383 e. The molecule has 1 saturated heterocycles. The summed E-state index contributed by atoms with van der Waals surface area (Å²) < 4.78 is 18.4. The van der Waals surface area contributed by atoms with Gasteiger partial charge in [0.05, 0.1) is 13.0 Å². The normalized spacial score (nSPS) is 25.2. The molecule has 142 valence electrons. The molecule has 0 bridgehead atoms. The van der Waals surface area contributed by atoms with Crippen LogP contribution >= 0.6 is 0 Å². The lowest BCUT2D eigenvalue weighted by Crippen LogP contribution is -2.56. The molecule has 26 heavy (non-hydrogen) atoms. The van der Waals surface area contributed by atoms with E-state index in [1.165, 1.54) is 12.1 Å². The number of hydrogen-bond donors (Lipinski definition) is 1. The van der Waals surface area contributed by atoms with Crippen LogP contribution < -0.4 is 5.32 Å². The molecule has 0 spiro atoms. The quantitative estimate of drug-likeness (QED) is 0.810. The maximum absolute atomic E-state index is 13.3. The van der Waals surface area contributed by atoms with Crippen molar-refractivity contribution in [2.45, 2.75) is 44.6 Å². The van der Waals surface area contributed by atoms with E-state index in [0.29, 0.717) is 31.7 Å². The highest BCUT2D eigenvalue weighted by Gasteiger charge is 2.50. The Morgan fingerprint density at radius 2 is 2.27 bits per heavy atom. The number of ether oxygens (including phenoxy) is 1. The zero-order valence-electron chi connectivity index (χ0n) is 15.3. The van der Waals surface area contributed by atoms with E-state index in [4.69, 9.17) is 4.74 Å². The SMILES string of the molecule is COCCN1C(=O)CC[C@]2(CNC(=O)Cc3cccc(F)c3)CCC[C@@H]12. The Morgan fingerprint density at radius 1 is 1.42 bits per heavy atom. The van der Waals surface area contributed by atoms with Crippen molar-refractivity contribution in [1.82, 2.24) is 10.2 Å². The topological polar surface area (TPSA) is 58.6 Å². The number of piperidine rings is 1. The number of nitrogens with zero attached hydrogens (tertiary/aromatic N) is 1. The smallest absolute Gasteiger partial charge is 0.224 e. The van der Waals surface area contributed by atoms with Crippen molar-refractivity contribution in [3.63, 3.8) is 0 Å². The van der Waals surface area contributed by atoms with Crippen LogP contribution in [-0.2, 0) is 20.7 Å². The Morgan fingerprint density at radius 3 is 3.04 bits per heavy atom. The second-order valence-electron chi connectivity index (χ2n) is 7.43. The van der Waals surface area contributed by atoms with Crippen LogP contribution in [0.4, 0.5) is 4.39 Å². The Hall–Kier alpha value is -1.95. The molecule has 1 aromatic rings. The fourth-order valence-electron chi connectivity index (χ4n) is 4.51. The molecule has 2 fully saturated rings. The van der Waals surface area contributed by atoms with Crippen LogP contribution in [0.5, 0.6) is 0 Å². The molecule has 1 N–H and O–H groups in total. The summed E-state index contributed by atoms with van der Waals surface area (Å²) in [5.41, 5.74) is 0.628. The summed E-state index contributed by atoms with van der Waals surface area (Å²) in [4.78, 5) is 26.6. The third-order valence-corrected chi connectivity index (χ3v) is 5.82. The van der Waals surface area contributed by atoms with Crippen LogP contribution in [0.3, 0.4) is 0 Å². The Balaban J connectivity index is 1.62. The van der Waals surface area contributed by atoms with E-state index in [1.807, 2.05) is 4.90 Å². The Labute approximate surface area is 153 Å². The van der Waals surface area contributed by atoms with Gasteiger partial charge in [-0.15, -0.1) is 0 Å². The number of nitrogens with one attached hydrogen (secondary N) is 1. The van der Waals surface area contributed by atoms with Gasteiger partial charge in [0.25, 0.3) is 0 Å². The first-order valence-corrected chi connectivity index (χ1v) is 9.34. The average molecular weight is 362 g/mol. The van der Waals surface area contributed by atoms with Gasteiger partial charge >= 0.3 is 0 Å². The number of amides is 2. The standard InChI is InChI=1S/C20H27FN2O3/c1-26-11-10-23-17-6-3-8-20(17,9-7-19(23)25)14-22-18(24)13-15-4-2-5-16(21)12-15/h2,4-5,12,17H,3,6-11,13-14H2,1H3,(H,22,24)/t17-,20+/m1/s1. The Bertz CT molecular complexity index is 666. The monoisotopic (exact) mass is 362 g/mol. The maximum atomic E-state index is 13.3. The largest absolute Gasteiger partial charge is 0.383 e. The number of fused-ring (bicyclic) bond motifs is 1. The maximum Gasteiger partial charge on any atom is 0.224 e. The summed E-state index contributed by atoms with van der Waals surface area (Å²) in [7, 11) is 1.64. The fraction of sp³-hybridized carbons (Fsp3) is 0.600. The minimum atomic E-state index is -0.329. The van der Waals surface area contributed by atoms with Crippen LogP contribution in [0.15, 0.2) is 24.3 Å². The predicted molar refractivity (Wildman–Crippen MR) is 96.0 cm³/mol. The molecule has 1 aromatic carbocycles. The highest BCUT2D eigenvalue weighted by Crippen LogP contribution is 2.47. The highest BCUT2D eigenvalue weighted by atomic mass is 19.1. The van der Waals surface area contributed by atoms with E-state index in [1.54, 1.807) is 19.2 Å². The first-order valence-electron chi connectivity index (χ1n) is 9.34. The van der Waals surface area contributed by atoms with Crippen molar-refractivity contribution < 1.29 is 18.7 Å². The predicted octanol–water partition coefficient (Wildman–Crippen LogP) is 2.29. The fourth-order valence-corrected chi connectivity index (χ4v) is 4.51. The van der Waals surface area contributed by atoms with E-state index in [9.17, 15) is 14.0 Å². The number of hydrogen-bond acceptors (Lipinski definition) is 3. The molecule has 1 aliphatic carbocycles. The van der Waals surface area contributed by atoms with Gasteiger partial charge in [0.15, 0.2) is 0 Å². The lowest BCUT2D eigenvalue weighted by atomic mass is 9.74. The van der Waals surface area contributed by atoms with Gasteiger partial charge in [0.1, 0.15) is 5.82 Å². The van der Waals surface area contributed by atoms with E-state index < -0.39 is 0 Å². The van der Waals surface area contributed by atoms with Crippen molar-refractivity contribution >= 4 is 11.8 Å². The van der Waals surface area contributed by atoms with Crippen molar-refractivity contribution in [1.29, 1.82) is 0 Å². The molecule has 2 atom stereocenters. The molecule has 0 radical (unpaired) electrons. The lowest BCUT2D eigenvalue weighted by Gasteiger charge is -2.46. The molecular weight excluding hydrogens is 335 g/mol. The van der Waals surface area contributed by atoms with Crippen LogP contribution in [0.25, 0.3) is 0 Å². The minimum absolute atomic E-state index is 0.0424. The molecule has 0 unspecified atom stereocenters. The molecular formula is C20H27FN2O3. The van der Waals surface area contributed by atoms with E-state index in [0.717, 1.165) is 25.7 Å². The van der Waals surface area contributed by atoms with E-state index in [-0.39, 0.29) is 35.5 Å². The molecule has 1 aliphatic heterocycles. The molecule has 2 amide bonds. The van der Waals surface area contributed by atoms with Crippen LogP contribution in [0.2, 0.25) is 0 Å². The van der Waals surface area contributed by atoms with Gasteiger partial charge in [-0.1, -0.05) is 18.6 Å². The first-order chi connectivity index (χ1) is 12.5. The van der Waals surface area contributed by atoms with Crippen LogP contribution in [0.1, 0.15) is 37.7 Å². The number of halogens is 1. The van der Waals surface area contributed by atoms with E-state index >= 15 is 0 Å². The molecule has 2 aliphatic rings. The zero-order chi connectivity index (χ0) is 18.6. The third-order valence-electron chi connectivity index (χ3n) is 5.82. The summed E-state index contributed by atoms with van der Waals surface area (Å²) >= 11 is 0. The second-order valence-corrected chi connectivity index (χ2v) is 7.43. The van der Waals surface area contributed by atoms with Gasteiger partial charge in [-0.2, -0.15) is 0 Å². The first kappa shape index (κ1) is 18.8. The molecule has 6 heteroatoms. The van der Waals surface area contributed by atoms with Crippen molar-refractivity contribution in [2.24, 2.45) is 5.41 Å². The second kappa shape index (κ2) is 8.16. The lowest BCUT2D eigenvalue weighted by molar-refractivity contribution is -0.142. The van der Waals surface area contributed by atoms with Gasteiger partial charge < -0.3 is 15.0 Å². The molecule has 5 nitrogen and oxygen atoms in total. The van der Waals surface area contributed by atoms with Crippen LogP contribution in [0, 0.1) is 11.2 Å². The summed E-state index contributed by atoms with van der Waals surface area (Å²) in [6.07, 6.45) is 4.59. The summed E-state index contributed by atoms with van der Waals surface area (Å²) in [6.45, 7) is 1.71. The molecule has 0 aromatic heterocycles. The number of methoxy groups -OCH3 is 1. The van der Waals surface area contributed by atoms with Crippen molar-refractivity contribution in [2.75, 3.05) is 26.8 Å². The number of likely N-dealkylation sites (tertiary alicyclic amines) is 1. The van der Waals surface area contributed by atoms with Gasteiger partial charge in [-0.05, 0) is 37.0 Å². The van der Waals surface area contributed by atoms with Crippen molar-refractivity contribution in [3.8, 4) is 0 Å². The van der Waals surface area contributed by atoms with Gasteiger partial charge in [0, 0.05) is 38.1 Å². The summed E-state index contributed by atoms with van der Waals surface area (Å²) in [5.74, 6) is -0.240. The average Bonchev–Trinajstić information content (AvgIpc) is 3.04. The van der Waals surface area contributed by atoms with Gasteiger partial charge in [0.2, 0.25) is 11.8 Å². The van der Waals surface area contributed by atoms with E-state index in [2.05, 4.69) is 5.32 Å². The summed E-state index contributed by atoms with van der Waals surface area (Å²) in [5, 5.41) is 3.04. The molecule has 1 saturated carbocycles. The van der Waals surface area contributed by atoms with Gasteiger partial charge in [-0.25, -0.2) is 4.39 Å². The molecule has 3 rings (SSSR count). The third kappa shape index (κ3) is 4.06. The number of benzene rings is 1. The number of carbonyl (C=O) groups excluding carboxylic acids is 2. The van der Waals surface area contributed by atoms with Gasteiger partial charge in [-0.3, -0.25) is 9.59 Å². The Kier molecular flexibility index (Phi) is 5.91. The van der Waals surface area contributed by atoms with Crippen LogP contribution in [-0.4, -0.2) is 49.6 Å². The molecule has 1 heterocycles. The zero-order valence-corrected chi connectivity index (χ0v) is 15.3.